The van der Waals surface area contributed by atoms with E-state index in [1.807, 2.05) is 0 Å². The lowest BCUT2D eigenvalue weighted by Crippen LogP contribution is -2.45. The Balaban J connectivity index is 2.14. The second-order valence-electron chi connectivity index (χ2n) is 5.31. The zero-order valence-electron chi connectivity index (χ0n) is 12.4. The van der Waals surface area contributed by atoms with Crippen LogP contribution in [0, 0.1) is 0 Å². The maximum absolute atomic E-state index is 12.3. The molecular formula is C16H16ClNO4S. The number of benzene rings is 2. The number of nitrogens with one attached hydrogen (secondary N) is 1. The van der Waals surface area contributed by atoms with Gasteiger partial charge in [0.05, 0.1) is 10.6 Å². The first-order chi connectivity index (χ1) is 10.7. The third-order valence-corrected chi connectivity index (χ3v) is 5.35. The molecule has 0 aromatic heterocycles. The number of halogens is 1. The minimum atomic E-state index is -3.79. The van der Waals surface area contributed by atoms with Crippen molar-refractivity contribution in [1.29, 1.82) is 0 Å². The van der Waals surface area contributed by atoms with E-state index in [0.29, 0.717) is 10.7 Å². The summed E-state index contributed by atoms with van der Waals surface area (Å²) in [4.78, 5) is 12.2. The molecule has 0 bridgehead atoms. The Kier molecular flexibility index (Phi) is 5.09. The van der Waals surface area contributed by atoms with Gasteiger partial charge in [-0.25, -0.2) is 8.42 Å². The normalized spacial score (nSPS) is 14.0. The van der Waals surface area contributed by atoms with Gasteiger partial charge in [0, 0.05) is 10.7 Å². The number of rotatable bonds is 5. The Morgan fingerprint density at radius 3 is 2.26 bits per heavy atom. The maximum Gasteiger partial charge on any atom is 0.257 e. The quantitative estimate of drug-likeness (QED) is 0.865. The Labute approximate surface area is 139 Å². The Morgan fingerprint density at radius 1 is 1.13 bits per heavy atom. The Hall–Kier alpha value is -1.89. The molecule has 2 rings (SSSR count). The van der Waals surface area contributed by atoms with Gasteiger partial charge >= 0.3 is 0 Å². The van der Waals surface area contributed by atoms with Gasteiger partial charge in [-0.2, -0.15) is 0 Å². The number of hydrogen-bond acceptors (Lipinski definition) is 4. The first-order valence-electron chi connectivity index (χ1n) is 6.78. The number of amides is 1. The molecule has 5 nitrogen and oxygen atoms in total. The van der Waals surface area contributed by atoms with Gasteiger partial charge < -0.3 is 10.4 Å². The summed E-state index contributed by atoms with van der Waals surface area (Å²) >= 11 is 5.75. The predicted molar refractivity (Wildman–Crippen MR) is 89.2 cm³/mol. The Bertz CT molecular complexity index is 787. The summed E-state index contributed by atoms with van der Waals surface area (Å²) < 4.78 is 24.6. The molecule has 1 atom stereocenters. The van der Waals surface area contributed by atoms with E-state index in [0.717, 1.165) is 0 Å². The monoisotopic (exact) mass is 353 g/mol. The van der Waals surface area contributed by atoms with Crippen LogP contribution in [0.2, 0.25) is 5.02 Å². The Morgan fingerprint density at radius 2 is 1.70 bits per heavy atom. The molecule has 0 aliphatic carbocycles. The highest BCUT2D eigenvalue weighted by Gasteiger charge is 2.36. The van der Waals surface area contributed by atoms with Crippen molar-refractivity contribution < 1.29 is 18.3 Å². The largest absolute Gasteiger partial charge is 0.379 e. The van der Waals surface area contributed by atoms with E-state index in [1.54, 1.807) is 42.5 Å². The summed E-state index contributed by atoms with van der Waals surface area (Å²) in [5.74, 6) is -1.52. The average molecular weight is 354 g/mol. The second kappa shape index (κ2) is 6.70. The van der Waals surface area contributed by atoms with Crippen LogP contribution in [0.25, 0.3) is 0 Å². The van der Waals surface area contributed by atoms with Crippen molar-refractivity contribution in [3.05, 3.63) is 59.6 Å². The van der Waals surface area contributed by atoms with Gasteiger partial charge in [-0.1, -0.05) is 29.8 Å². The van der Waals surface area contributed by atoms with E-state index in [1.165, 1.54) is 19.1 Å². The molecule has 0 heterocycles. The van der Waals surface area contributed by atoms with E-state index < -0.39 is 27.1 Å². The molecule has 2 aromatic carbocycles. The van der Waals surface area contributed by atoms with Crippen molar-refractivity contribution in [1.82, 2.24) is 0 Å². The molecule has 0 radical (unpaired) electrons. The highest BCUT2D eigenvalue weighted by atomic mass is 35.5. The molecule has 0 saturated carbocycles. The molecule has 7 heteroatoms. The molecule has 2 aromatic rings. The highest BCUT2D eigenvalue weighted by Crippen LogP contribution is 2.19. The van der Waals surface area contributed by atoms with Crippen molar-refractivity contribution in [2.75, 3.05) is 11.1 Å². The van der Waals surface area contributed by atoms with Crippen molar-refractivity contribution in [3.63, 3.8) is 0 Å². The van der Waals surface area contributed by atoms with Gasteiger partial charge in [-0.3, -0.25) is 4.79 Å². The van der Waals surface area contributed by atoms with Crippen molar-refractivity contribution in [2.45, 2.75) is 17.4 Å². The summed E-state index contributed by atoms with van der Waals surface area (Å²) in [7, 11) is -3.79. The van der Waals surface area contributed by atoms with E-state index in [4.69, 9.17) is 11.6 Å². The van der Waals surface area contributed by atoms with Crippen LogP contribution in [0.4, 0.5) is 5.69 Å². The zero-order valence-corrected chi connectivity index (χ0v) is 13.9. The lowest BCUT2D eigenvalue weighted by molar-refractivity contribution is -0.130. The predicted octanol–water partition coefficient (Wildman–Crippen LogP) is 2.50. The molecule has 23 heavy (non-hydrogen) atoms. The van der Waals surface area contributed by atoms with E-state index in [2.05, 4.69) is 5.32 Å². The van der Waals surface area contributed by atoms with Crippen molar-refractivity contribution in [3.8, 4) is 0 Å². The van der Waals surface area contributed by atoms with Gasteiger partial charge in [0.1, 0.15) is 0 Å². The molecule has 0 fully saturated rings. The van der Waals surface area contributed by atoms with Gasteiger partial charge in [0.2, 0.25) is 0 Å². The van der Waals surface area contributed by atoms with Crippen LogP contribution in [0.3, 0.4) is 0 Å². The number of anilines is 1. The number of aliphatic hydroxyl groups is 1. The minimum Gasteiger partial charge on any atom is -0.379 e. The number of sulfone groups is 1. The molecule has 0 spiro atoms. The number of hydrogen-bond donors (Lipinski definition) is 2. The molecule has 2 N–H and O–H groups in total. The van der Waals surface area contributed by atoms with Crippen LogP contribution in [0.5, 0.6) is 0 Å². The summed E-state index contributed by atoms with van der Waals surface area (Å²) in [5, 5.41) is 13.3. The number of carbonyl (C=O) groups excluding carboxylic acids is 1. The van der Waals surface area contributed by atoms with Gasteiger partial charge in [0.25, 0.3) is 5.91 Å². The standard InChI is InChI=1S/C16H16ClNO4S/c1-16(20,11-23(21,22)14-5-3-2-4-6-14)15(19)18-13-9-7-12(17)8-10-13/h2-10,20H,11H2,1H3,(H,18,19)/t16-/m0/s1. The first kappa shape index (κ1) is 17.5. The summed E-state index contributed by atoms with van der Waals surface area (Å²) in [6.45, 7) is 1.17. The summed E-state index contributed by atoms with van der Waals surface area (Å²) in [5.41, 5.74) is -1.66. The maximum atomic E-state index is 12.3. The summed E-state index contributed by atoms with van der Waals surface area (Å²) in [6, 6.07) is 13.9. The van der Waals surface area contributed by atoms with E-state index in [-0.39, 0.29) is 4.90 Å². The van der Waals surface area contributed by atoms with Crippen LogP contribution in [-0.4, -0.2) is 30.8 Å². The third kappa shape index (κ3) is 4.54. The van der Waals surface area contributed by atoms with Gasteiger partial charge in [0.15, 0.2) is 15.4 Å². The summed E-state index contributed by atoms with van der Waals surface area (Å²) in [6.07, 6.45) is 0. The average Bonchev–Trinajstić information content (AvgIpc) is 2.49. The minimum absolute atomic E-state index is 0.0552. The van der Waals surface area contributed by atoms with Crippen molar-refractivity contribution in [2.24, 2.45) is 0 Å². The fraction of sp³-hybridized carbons (Fsp3) is 0.188. The SMILES string of the molecule is C[C@](O)(CS(=O)(=O)c1ccccc1)C(=O)Nc1ccc(Cl)cc1. The molecule has 122 valence electrons. The fourth-order valence-corrected chi connectivity index (χ4v) is 3.68. The van der Waals surface area contributed by atoms with Gasteiger partial charge in [-0.05, 0) is 43.3 Å². The molecule has 0 saturated heterocycles. The third-order valence-electron chi connectivity index (χ3n) is 3.16. The molecule has 0 unspecified atom stereocenters. The van der Waals surface area contributed by atoms with Gasteiger partial charge in [-0.15, -0.1) is 0 Å². The van der Waals surface area contributed by atoms with Crippen LogP contribution in [0.1, 0.15) is 6.92 Å². The number of carbonyl (C=O) groups is 1. The molecule has 1 amide bonds. The zero-order chi connectivity index (χ0) is 17.1. The first-order valence-corrected chi connectivity index (χ1v) is 8.81. The second-order valence-corrected chi connectivity index (χ2v) is 7.73. The van der Waals surface area contributed by atoms with Crippen LogP contribution in [0.15, 0.2) is 59.5 Å². The van der Waals surface area contributed by atoms with E-state index >= 15 is 0 Å². The molecule has 0 aliphatic heterocycles. The highest BCUT2D eigenvalue weighted by molar-refractivity contribution is 7.91. The fourth-order valence-electron chi connectivity index (χ4n) is 1.95. The van der Waals surface area contributed by atoms with Crippen molar-refractivity contribution >= 4 is 33.0 Å². The van der Waals surface area contributed by atoms with Crippen LogP contribution in [-0.2, 0) is 14.6 Å². The van der Waals surface area contributed by atoms with Crippen LogP contribution < -0.4 is 5.32 Å². The molecular weight excluding hydrogens is 338 g/mol. The topological polar surface area (TPSA) is 83.5 Å². The van der Waals surface area contributed by atoms with Crippen LogP contribution >= 0.6 is 11.6 Å². The lowest BCUT2D eigenvalue weighted by atomic mass is 10.1. The van der Waals surface area contributed by atoms with E-state index in [9.17, 15) is 18.3 Å². The lowest BCUT2D eigenvalue weighted by Gasteiger charge is -2.22. The smallest absolute Gasteiger partial charge is 0.257 e. The molecule has 0 aliphatic rings.